The fraction of sp³-hybridized carbons (Fsp3) is 1.00. The number of hydrogen-bond donors (Lipinski definition) is 3. The summed E-state index contributed by atoms with van der Waals surface area (Å²) in [5.41, 5.74) is 4.78. The number of hydrogen-bond acceptors (Lipinski definition) is 4. The summed E-state index contributed by atoms with van der Waals surface area (Å²) in [6, 6.07) is 0. The zero-order valence-corrected chi connectivity index (χ0v) is 8.19. The van der Waals surface area contributed by atoms with Crippen LogP contribution in [0.5, 0.6) is 0 Å². The van der Waals surface area contributed by atoms with Crippen molar-refractivity contribution < 1.29 is 44.0 Å². The molecule has 0 atom stereocenters. The maximum Gasteiger partial charge on any atom is 1.00 e. The molecule has 7 heteroatoms. The molecule has 0 unspecified atom stereocenters. The van der Waals surface area contributed by atoms with Gasteiger partial charge in [-0.15, -0.1) is 0 Å². The molecule has 0 bridgehead atoms. The summed E-state index contributed by atoms with van der Waals surface area (Å²) in [6.07, 6.45) is 0. The Kier molecular flexibility index (Phi) is 12.7. The summed E-state index contributed by atoms with van der Waals surface area (Å²) in [4.78, 5) is 0. The summed E-state index contributed by atoms with van der Waals surface area (Å²) in [6.45, 7) is -0.0289. The molecule has 0 aromatic heterocycles. The minimum absolute atomic E-state index is 0. The van der Waals surface area contributed by atoms with Gasteiger partial charge in [0.25, 0.3) is 10.1 Å². The second kappa shape index (κ2) is 6.94. The average Bonchev–Trinajstić information content (AvgIpc) is 1.30. The molecule has 0 rings (SSSR count). The van der Waals surface area contributed by atoms with Gasteiger partial charge in [0.2, 0.25) is 0 Å². The third kappa shape index (κ3) is 17.7. The summed E-state index contributed by atoms with van der Waals surface area (Å²) < 4.78 is 27.3. The Balaban J connectivity index is -0.0000000600. The Morgan fingerprint density at radius 3 is 1.89 bits per heavy atom. The zero-order valence-electron chi connectivity index (χ0n) is 6.37. The van der Waals surface area contributed by atoms with Crippen LogP contribution < -0.4 is 41.4 Å². The molecule has 0 aliphatic rings. The molecule has 54 valence electrons. The second-order valence-corrected chi connectivity index (χ2v) is 2.65. The Labute approximate surface area is 78.1 Å². The van der Waals surface area contributed by atoms with Gasteiger partial charge in [-0.1, -0.05) is 0 Å². The van der Waals surface area contributed by atoms with E-state index in [0.717, 1.165) is 0 Å². The van der Waals surface area contributed by atoms with Crippen molar-refractivity contribution in [2.45, 2.75) is 0 Å². The average molecular weight is 166 g/mol. The molecule has 6 N–H and O–H groups in total. The first-order valence-corrected chi connectivity index (χ1v) is 3.32. The van der Waals surface area contributed by atoms with E-state index in [2.05, 4.69) is 0 Å². The van der Waals surface area contributed by atoms with Gasteiger partial charge in [0.15, 0.2) is 0 Å². The molecule has 0 aliphatic heterocycles. The van der Waals surface area contributed by atoms with E-state index in [1.165, 1.54) is 0 Å². The van der Waals surface area contributed by atoms with E-state index >= 15 is 0 Å². The fourth-order valence-electron chi connectivity index (χ4n) is 0.149. The van der Waals surface area contributed by atoms with Gasteiger partial charge in [0.05, 0.1) is 5.75 Å². The monoisotopic (exact) mass is 166 g/mol. The van der Waals surface area contributed by atoms with Crippen LogP contribution in [0, 0.1) is 0 Å². The molecule has 0 saturated heterocycles. The normalized spacial score (nSPS) is 9.11. The minimum atomic E-state index is -3.80. The van der Waals surface area contributed by atoms with E-state index in [0.29, 0.717) is 0 Å². The van der Waals surface area contributed by atoms with Crippen LogP contribution in [-0.4, -0.2) is 25.3 Å². The SMILES string of the molecule is N.NCCS(=O)(=O)O.[H-].[Na+]. The third-order valence-electron chi connectivity index (χ3n) is 0.376. The molecule has 0 aliphatic carbocycles. The van der Waals surface area contributed by atoms with Crippen molar-refractivity contribution in [1.82, 2.24) is 6.15 Å². The molecule has 0 heterocycles. The van der Waals surface area contributed by atoms with Crippen LogP contribution in [0.15, 0.2) is 0 Å². The predicted octanol–water partition coefficient (Wildman–Crippen LogP) is -3.89. The summed E-state index contributed by atoms with van der Waals surface area (Å²) in [5, 5.41) is 0. The van der Waals surface area contributed by atoms with Crippen molar-refractivity contribution in [3.8, 4) is 0 Å². The topological polar surface area (TPSA) is 115 Å². The molecule has 0 spiro atoms. The molecule has 0 fully saturated rings. The Bertz CT molecular complexity index is 137. The Hall–Kier alpha value is 0.830. The van der Waals surface area contributed by atoms with Gasteiger partial charge < -0.3 is 13.3 Å². The van der Waals surface area contributed by atoms with Gasteiger partial charge in [0.1, 0.15) is 0 Å². The van der Waals surface area contributed by atoms with Crippen molar-refractivity contribution in [1.29, 1.82) is 0 Å². The van der Waals surface area contributed by atoms with Crippen LogP contribution in [-0.2, 0) is 10.1 Å². The first-order chi connectivity index (χ1) is 3.06. The Morgan fingerprint density at radius 1 is 1.56 bits per heavy atom. The van der Waals surface area contributed by atoms with E-state index in [-0.39, 0.29) is 49.4 Å². The van der Waals surface area contributed by atoms with Gasteiger partial charge in [-0.3, -0.25) is 4.55 Å². The molecule has 0 amide bonds. The third-order valence-corrected chi connectivity index (χ3v) is 1.13. The van der Waals surface area contributed by atoms with Crippen LogP contribution in [0.4, 0.5) is 0 Å². The van der Waals surface area contributed by atoms with E-state index in [9.17, 15) is 8.42 Å². The molecular weight excluding hydrogens is 155 g/mol. The van der Waals surface area contributed by atoms with Crippen LogP contribution in [0.2, 0.25) is 0 Å². The van der Waals surface area contributed by atoms with Crippen LogP contribution >= 0.6 is 0 Å². The van der Waals surface area contributed by atoms with Gasteiger partial charge in [-0.05, 0) is 0 Å². The summed E-state index contributed by atoms with van der Waals surface area (Å²) in [5.74, 6) is -0.354. The molecule has 0 aromatic carbocycles. The predicted molar refractivity (Wildman–Crippen MR) is 31.6 cm³/mol. The molecular formula is C2H11N2NaO3S. The second-order valence-electron chi connectivity index (χ2n) is 1.07. The largest absolute Gasteiger partial charge is 1.00 e. The molecule has 0 radical (unpaired) electrons. The van der Waals surface area contributed by atoms with E-state index in [4.69, 9.17) is 10.3 Å². The van der Waals surface area contributed by atoms with Crippen LogP contribution in [0.3, 0.4) is 0 Å². The zero-order chi connectivity index (χ0) is 5.91. The van der Waals surface area contributed by atoms with E-state index in [1.54, 1.807) is 0 Å². The smallest absolute Gasteiger partial charge is 1.00 e. The first kappa shape index (κ1) is 16.4. The molecule has 5 nitrogen and oxygen atoms in total. The van der Waals surface area contributed by atoms with Gasteiger partial charge in [0, 0.05) is 6.54 Å². The first-order valence-electron chi connectivity index (χ1n) is 1.71. The van der Waals surface area contributed by atoms with Crippen molar-refractivity contribution in [2.24, 2.45) is 5.73 Å². The Morgan fingerprint density at radius 2 is 1.89 bits per heavy atom. The van der Waals surface area contributed by atoms with Crippen molar-refractivity contribution in [2.75, 3.05) is 12.3 Å². The minimum Gasteiger partial charge on any atom is -1.00 e. The van der Waals surface area contributed by atoms with Crippen molar-refractivity contribution in [3.63, 3.8) is 0 Å². The van der Waals surface area contributed by atoms with Crippen molar-refractivity contribution >= 4 is 10.1 Å². The van der Waals surface area contributed by atoms with Gasteiger partial charge >= 0.3 is 29.6 Å². The maximum absolute atomic E-state index is 9.71. The van der Waals surface area contributed by atoms with Crippen LogP contribution in [0.1, 0.15) is 1.43 Å². The molecule has 0 aromatic rings. The quantitative estimate of drug-likeness (QED) is 0.286. The van der Waals surface area contributed by atoms with Crippen LogP contribution in [0.25, 0.3) is 0 Å². The van der Waals surface area contributed by atoms with Gasteiger partial charge in [-0.25, -0.2) is 0 Å². The number of nitrogens with two attached hydrogens (primary N) is 1. The van der Waals surface area contributed by atoms with E-state index in [1.807, 2.05) is 0 Å². The summed E-state index contributed by atoms with van der Waals surface area (Å²) in [7, 11) is -3.80. The molecule has 9 heavy (non-hydrogen) atoms. The standard InChI is InChI=1S/C2H7NO3S.H3N.Na.H/c3-1-2-7(4,5)6;;;/h1-3H2,(H,4,5,6);1H3;;/q;;+1;-1. The molecule has 0 saturated carbocycles. The summed E-state index contributed by atoms with van der Waals surface area (Å²) >= 11 is 0. The van der Waals surface area contributed by atoms with E-state index < -0.39 is 10.1 Å². The maximum atomic E-state index is 9.71. The fourth-order valence-corrected chi connectivity index (χ4v) is 0.447. The number of rotatable bonds is 2. The van der Waals surface area contributed by atoms with Crippen molar-refractivity contribution in [3.05, 3.63) is 0 Å². The van der Waals surface area contributed by atoms with Gasteiger partial charge in [-0.2, -0.15) is 8.42 Å².